The topological polar surface area (TPSA) is 78.8 Å². The number of amidine groups is 1. The largest absolute Gasteiger partial charge is 0.317 e. The van der Waals surface area contributed by atoms with Gasteiger partial charge in [0, 0.05) is 23.3 Å². The van der Waals surface area contributed by atoms with Crippen molar-refractivity contribution in [3.8, 4) is 10.6 Å². The van der Waals surface area contributed by atoms with E-state index in [0.717, 1.165) is 15.0 Å². The Balaban J connectivity index is 1.62. The molecular formula is C19H16BrN5O2S. The van der Waals surface area contributed by atoms with E-state index in [9.17, 15) is 9.59 Å². The van der Waals surface area contributed by atoms with Crippen LogP contribution in [0.5, 0.6) is 0 Å². The molecule has 1 atom stereocenters. The smallest absolute Gasteiger partial charge is 0.255 e. The fraction of sp³-hybridized carbons (Fsp3) is 0.211. The Bertz CT molecular complexity index is 1040. The molecule has 0 N–H and O–H groups in total. The van der Waals surface area contributed by atoms with Crippen LogP contribution in [0.15, 0.2) is 58.2 Å². The zero-order valence-corrected chi connectivity index (χ0v) is 17.6. The number of fused-ring (bicyclic) bond motifs is 1. The molecule has 3 heterocycles. The third-order valence-electron chi connectivity index (χ3n) is 4.66. The van der Waals surface area contributed by atoms with Crippen molar-refractivity contribution < 1.29 is 9.59 Å². The second-order valence-corrected chi connectivity index (χ2v) is 8.52. The van der Waals surface area contributed by atoms with Gasteiger partial charge in [-0.2, -0.15) is 4.99 Å². The van der Waals surface area contributed by atoms with Crippen molar-refractivity contribution in [1.82, 2.24) is 15.1 Å². The maximum Gasteiger partial charge on any atom is 0.255 e. The summed E-state index contributed by atoms with van der Waals surface area (Å²) in [7, 11) is 1.65. The van der Waals surface area contributed by atoms with Gasteiger partial charge in [0.25, 0.3) is 11.8 Å². The normalized spacial score (nSPS) is 20.8. The van der Waals surface area contributed by atoms with Gasteiger partial charge < -0.3 is 4.90 Å². The minimum Gasteiger partial charge on any atom is -0.317 e. The van der Waals surface area contributed by atoms with E-state index in [4.69, 9.17) is 0 Å². The zero-order valence-electron chi connectivity index (χ0n) is 15.2. The molecule has 2 aliphatic rings. The van der Waals surface area contributed by atoms with Crippen LogP contribution < -0.4 is 4.90 Å². The summed E-state index contributed by atoms with van der Waals surface area (Å²) in [4.78, 5) is 32.7. The lowest BCUT2D eigenvalue weighted by Crippen LogP contribution is -2.60. The quantitative estimate of drug-likeness (QED) is 0.705. The van der Waals surface area contributed by atoms with Crippen molar-refractivity contribution in [1.29, 1.82) is 0 Å². The number of anilines is 1. The molecule has 4 rings (SSSR count). The highest BCUT2D eigenvalue weighted by Crippen LogP contribution is 2.34. The van der Waals surface area contributed by atoms with E-state index in [1.165, 1.54) is 16.2 Å². The van der Waals surface area contributed by atoms with E-state index in [1.54, 1.807) is 37.2 Å². The zero-order chi connectivity index (χ0) is 19.9. The number of amides is 2. The predicted molar refractivity (Wildman–Crippen MR) is 112 cm³/mol. The van der Waals surface area contributed by atoms with Crippen LogP contribution in [-0.2, 0) is 9.59 Å². The first-order valence-corrected chi connectivity index (χ1v) is 10.1. The number of carbonyl (C=O) groups excluding carboxylic acids is 2. The van der Waals surface area contributed by atoms with Crippen LogP contribution in [0.4, 0.5) is 5.13 Å². The molecule has 0 saturated carbocycles. The minimum absolute atomic E-state index is 0.00374. The second-order valence-electron chi connectivity index (χ2n) is 6.65. The van der Waals surface area contributed by atoms with E-state index in [0.29, 0.717) is 11.0 Å². The molecule has 0 aliphatic carbocycles. The van der Waals surface area contributed by atoms with Gasteiger partial charge in [0.2, 0.25) is 5.13 Å². The fourth-order valence-corrected chi connectivity index (χ4v) is 4.25. The van der Waals surface area contributed by atoms with Crippen LogP contribution in [0.1, 0.15) is 13.3 Å². The van der Waals surface area contributed by atoms with E-state index < -0.39 is 5.54 Å². The second kappa shape index (κ2) is 7.06. The van der Waals surface area contributed by atoms with Crippen molar-refractivity contribution in [2.24, 2.45) is 4.99 Å². The fourth-order valence-electron chi connectivity index (χ4n) is 3.18. The lowest BCUT2D eigenvalue weighted by molar-refractivity contribution is -0.132. The Morgan fingerprint density at radius 2 is 2.00 bits per heavy atom. The molecule has 0 radical (unpaired) electrons. The number of hydrogen-bond donors (Lipinski definition) is 0. The van der Waals surface area contributed by atoms with Gasteiger partial charge in [-0.25, -0.2) is 0 Å². The van der Waals surface area contributed by atoms with Crippen molar-refractivity contribution in [2.45, 2.75) is 18.9 Å². The summed E-state index contributed by atoms with van der Waals surface area (Å²) in [5.74, 6) is -0.0919. The molecule has 1 aromatic carbocycles. The van der Waals surface area contributed by atoms with Crippen LogP contribution in [-0.4, -0.2) is 45.3 Å². The molecule has 2 aromatic rings. The number of aliphatic imine (C=N–C) groups is 1. The van der Waals surface area contributed by atoms with Crippen molar-refractivity contribution >= 4 is 50.0 Å². The van der Waals surface area contributed by atoms with Gasteiger partial charge in [0.05, 0.1) is 6.42 Å². The van der Waals surface area contributed by atoms with E-state index in [1.807, 2.05) is 30.3 Å². The lowest BCUT2D eigenvalue weighted by Gasteiger charge is -2.42. The summed E-state index contributed by atoms with van der Waals surface area (Å²) in [6.45, 7) is 1.75. The highest BCUT2D eigenvalue weighted by Gasteiger charge is 2.47. The third kappa shape index (κ3) is 3.20. The van der Waals surface area contributed by atoms with Crippen molar-refractivity contribution in [3.05, 3.63) is 53.2 Å². The summed E-state index contributed by atoms with van der Waals surface area (Å²) < 4.78 is 0.976. The molecule has 2 amide bonds. The maximum absolute atomic E-state index is 13.4. The maximum atomic E-state index is 13.4. The molecule has 1 aromatic heterocycles. The first kappa shape index (κ1) is 18.7. The number of carbonyl (C=O) groups is 2. The van der Waals surface area contributed by atoms with Crippen molar-refractivity contribution in [3.63, 3.8) is 0 Å². The lowest BCUT2D eigenvalue weighted by atomic mass is 9.91. The molecular weight excluding hydrogens is 442 g/mol. The Morgan fingerprint density at radius 1 is 1.25 bits per heavy atom. The number of rotatable bonds is 3. The van der Waals surface area contributed by atoms with E-state index >= 15 is 0 Å². The molecule has 7 nitrogen and oxygen atoms in total. The summed E-state index contributed by atoms with van der Waals surface area (Å²) in [5.41, 5.74) is -0.154. The molecule has 2 aliphatic heterocycles. The van der Waals surface area contributed by atoms with Crippen LogP contribution in [0.2, 0.25) is 0 Å². The SMILES string of the molecule is CN(C(=O)C1(C)CC(=O)N=C2C=CC=CN21)c1nnc(-c2ccc(Br)cc2)s1. The molecule has 0 saturated heterocycles. The number of benzene rings is 1. The molecule has 28 heavy (non-hydrogen) atoms. The molecule has 0 spiro atoms. The van der Waals surface area contributed by atoms with Crippen LogP contribution in [0.25, 0.3) is 10.6 Å². The van der Waals surface area contributed by atoms with Gasteiger partial charge in [0.15, 0.2) is 0 Å². The number of halogens is 1. The Morgan fingerprint density at radius 3 is 2.75 bits per heavy atom. The number of allylic oxidation sites excluding steroid dienone is 2. The molecule has 1 unspecified atom stereocenters. The number of hydrogen-bond acceptors (Lipinski definition) is 6. The number of nitrogens with zero attached hydrogens (tertiary/aromatic N) is 5. The minimum atomic E-state index is -1.08. The van der Waals surface area contributed by atoms with Crippen LogP contribution >= 0.6 is 27.3 Å². The average molecular weight is 458 g/mol. The van der Waals surface area contributed by atoms with Gasteiger partial charge in [-0.15, -0.1) is 10.2 Å². The highest BCUT2D eigenvalue weighted by molar-refractivity contribution is 9.10. The summed E-state index contributed by atoms with van der Waals surface area (Å²) >= 11 is 4.73. The van der Waals surface area contributed by atoms with Crippen molar-refractivity contribution in [2.75, 3.05) is 11.9 Å². The van der Waals surface area contributed by atoms with E-state index in [-0.39, 0.29) is 18.2 Å². The number of aromatic nitrogens is 2. The monoisotopic (exact) mass is 457 g/mol. The first-order chi connectivity index (χ1) is 13.4. The predicted octanol–water partition coefficient (Wildman–Crippen LogP) is 3.40. The van der Waals surface area contributed by atoms with E-state index in [2.05, 4.69) is 31.1 Å². The summed E-state index contributed by atoms with van der Waals surface area (Å²) in [6.07, 6.45) is 7.09. The molecule has 0 bridgehead atoms. The standard InChI is InChI=1S/C19H16BrN5O2S/c1-19(11-15(26)21-14-5-3-4-10-25(14)19)17(27)24(2)18-23-22-16(28-18)12-6-8-13(20)9-7-12/h3-10H,11H2,1-2H3. The average Bonchev–Trinajstić information content (AvgIpc) is 3.17. The van der Waals surface area contributed by atoms with Gasteiger partial charge in [0.1, 0.15) is 16.4 Å². The number of likely N-dealkylation sites (N-methyl/N-ethyl adjacent to an activating group) is 1. The van der Waals surface area contributed by atoms with Gasteiger partial charge >= 0.3 is 0 Å². The molecule has 9 heteroatoms. The van der Waals surface area contributed by atoms with Crippen LogP contribution in [0.3, 0.4) is 0 Å². The Labute approximate surface area is 174 Å². The molecule has 0 fully saturated rings. The third-order valence-corrected chi connectivity index (χ3v) is 6.24. The summed E-state index contributed by atoms with van der Waals surface area (Å²) in [5, 5.41) is 9.58. The highest BCUT2D eigenvalue weighted by atomic mass is 79.9. The van der Waals surface area contributed by atoms with Crippen LogP contribution in [0, 0.1) is 0 Å². The van der Waals surface area contributed by atoms with Gasteiger partial charge in [-0.1, -0.05) is 45.5 Å². The molecule has 142 valence electrons. The Hall–Kier alpha value is -2.65. The van der Waals surface area contributed by atoms with Gasteiger partial charge in [-0.3, -0.25) is 14.5 Å². The van der Waals surface area contributed by atoms with Gasteiger partial charge in [-0.05, 0) is 31.2 Å². The Kier molecular flexibility index (Phi) is 4.72. The first-order valence-electron chi connectivity index (χ1n) is 8.52. The summed E-state index contributed by atoms with van der Waals surface area (Å²) in [6, 6.07) is 7.73.